The lowest BCUT2D eigenvalue weighted by atomic mass is 10.0. The Labute approximate surface area is 133 Å². The van der Waals surface area contributed by atoms with Crippen molar-refractivity contribution in [1.29, 1.82) is 0 Å². The Hall–Kier alpha value is 0.130. The van der Waals surface area contributed by atoms with Crippen molar-refractivity contribution in [2.45, 2.75) is 13.0 Å². The Bertz CT molecular complexity index is 549. The van der Waals surface area contributed by atoms with Crippen LogP contribution in [0.25, 0.3) is 0 Å². The first-order valence-corrected chi connectivity index (χ1v) is 8.19. The molecule has 18 heavy (non-hydrogen) atoms. The van der Waals surface area contributed by atoms with E-state index in [-0.39, 0.29) is 6.04 Å². The summed E-state index contributed by atoms with van der Waals surface area (Å²) >= 11 is 14.9. The molecule has 0 radical (unpaired) electrons. The summed E-state index contributed by atoms with van der Waals surface area (Å²) < 4.78 is 2.12. The molecule has 0 amide bonds. The van der Waals surface area contributed by atoms with E-state index in [1.165, 1.54) is 16.0 Å². The van der Waals surface area contributed by atoms with Crippen molar-refractivity contribution >= 4 is 54.8 Å². The van der Waals surface area contributed by atoms with Gasteiger partial charge in [0.1, 0.15) is 0 Å². The highest BCUT2D eigenvalue weighted by Crippen LogP contribution is 2.39. The summed E-state index contributed by atoms with van der Waals surface area (Å²) in [5.74, 6) is 0. The van der Waals surface area contributed by atoms with Crippen LogP contribution in [0.15, 0.2) is 32.5 Å². The number of thiophene rings is 1. The standard InChI is InChI=1S/C13H12Br2ClNS/c1-7-4-3-5-8(11(7)14)12(17-2)10-6-9(16)13(15)18-10/h3-6,12,17H,1-2H3. The van der Waals surface area contributed by atoms with E-state index in [0.29, 0.717) is 0 Å². The molecule has 0 spiro atoms. The highest BCUT2D eigenvalue weighted by atomic mass is 79.9. The van der Waals surface area contributed by atoms with E-state index in [2.05, 4.69) is 62.3 Å². The molecule has 1 N–H and O–H groups in total. The Morgan fingerprint density at radius 1 is 1.33 bits per heavy atom. The van der Waals surface area contributed by atoms with Gasteiger partial charge in [-0.2, -0.15) is 0 Å². The molecule has 1 aromatic carbocycles. The molecule has 1 heterocycles. The van der Waals surface area contributed by atoms with Gasteiger partial charge in [0.2, 0.25) is 0 Å². The zero-order valence-electron chi connectivity index (χ0n) is 9.93. The van der Waals surface area contributed by atoms with E-state index in [0.717, 1.165) is 13.3 Å². The lowest BCUT2D eigenvalue weighted by Crippen LogP contribution is -2.17. The number of halogens is 3. The van der Waals surface area contributed by atoms with Gasteiger partial charge in [0, 0.05) is 9.35 Å². The maximum atomic E-state index is 6.11. The van der Waals surface area contributed by atoms with Gasteiger partial charge < -0.3 is 5.32 Å². The average Bonchev–Trinajstić information content (AvgIpc) is 2.66. The Kier molecular flexibility index (Phi) is 4.89. The van der Waals surface area contributed by atoms with Gasteiger partial charge in [0.05, 0.1) is 14.9 Å². The van der Waals surface area contributed by atoms with Gasteiger partial charge in [-0.1, -0.05) is 45.7 Å². The molecule has 0 aliphatic rings. The second-order valence-electron chi connectivity index (χ2n) is 3.97. The van der Waals surface area contributed by atoms with Gasteiger partial charge in [0.15, 0.2) is 0 Å². The Morgan fingerprint density at radius 2 is 2.06 bits per heavy atom. The van der Waals surface area contributed by atoms with Crippen molar-refractivity contribution < 1.29 is 0 Å². The van der Waals surface area contributed by atoms with Crippen LogP contribution in [0.5, 0.6) is 0 Å². The first kappa shape index (κ1) is 14.5. The normalized spacial score (nSPS) is 12.7. The van der Waals surface area contributed by atoms with E-state index in [4.69, 9.17) is 11.6 Å². The van der Waals surface area contributed by atoms with Crippen LogP contribution in [-0.4, -0.2) is 7.05 Å². The van der Waals surface area contributed by atoms with E-state index in [1.807, 2.05) is 13.1 Å². The van der Waals surface area contributed by atoms with Crippen LogP contribution >= 0.6 is 54.8 Å². The van der Waals surface area contributed by atoms with Crippen molar-refractivity contribution in [3.05, 3.63) is 53.6 Å². The van der Waals surface area contributed by atoms with E-state index < -0.39 is 0 Å². The largest absolute Gasteiger partial charge is 0.309 e. The lowest BCUT2D eigenvalue weighted by molar-refractivity contribution is 0.700. The molecule has 1 aromatic heterocycles. The third-order valence-corrected chi connectivity index (χ3v) is 6.39. The monoisotopic (exact) mass is 407 g/mol. The molecular weight excluding hydrogens is 397 g/mol. The first-order chi connectivity index (χ1) is 8.54. The minimum absolute atomic E-state index is 0.146. The minimum atomic E-state index is 0.146. The third kappa shape index (κ3) is 2.83. The summed E-state index contributed by atoms with van der Waals surface area (Å²) in [6.07, 6.45) is 0. The summed E-state index contributed by atoms with van der Waals surface area (Å²) in [7, 11) is 1.96. The van der Waals surface area contributed by atoms with Crippen molar-refractivity contribution in [1.82, 2.24) is 5.32 Å². The number of hydrogen-bond acceptors (Lipinski definition) is 2. The average molecular weight is 410 g/mol. The van der Waals surface area contributed by atoms with Crippen LogP contribution < -0.4 is 5.32 Å². The topological polar surface area (TPSA) is 12.0 Å². The molecule has 0 fully saturated rings. The van der Waals surface area contributed by atoms with Gasteiger partial charge >= 0.3 is 0 Å². The molecule has 0 saturated heterocycles. The van der Waals surface area contributed by atoms with Gasteiger partial charge in [-0.25, -0.2) is 0 Å². The predicted octanol–water partition coefficient (Wildman–Crippen LogP) is 5.54. The molecule has 2 aromatic rings. The van der Waals surface area contributed by atoms with E-state index >= 15 is 0 Å². The zero-order valence-corrected chi connectivity index (χ0v) is 14.7. The smallest absolute Gasteiger partial charge is 0.0888 e. The number of rotatable bonds is 3. The molecule has 1 nitrogen and oxygen atoms in total. The SMILES string of the molecule is CNC(c1cc(Cl)c(Br)s1)c1cccc(C)c1Br. The lowest BCUT2D eigenvalue weighted by Gasteiger charge is -2.17. The highest BCUT2D eigenvalue weighted by molar-refractivity contribution is 9.11. The van der Waals surface area contributed by atoms with E-state index in [1.54, 1.807) is 11.3 Å². The molecule has 0 bridgehead atoms. The number of benzene rings is 1. The van der Waals surface area contributed by atoms with Crippen LogP contribution in [0, 0.1) is 6.92 Å². The summed E-state index contributed by atoms with van der Waals surface area (Å²) in [6, 6.07) is 8.45. The van der Waals surface area contributed by atoms with Crippen LogP contribution in [0.4, 0.5) is 0 Å². The molecule has 1 atom stereocenters. The fourth-order valence-electron chi connectivity index (χ4n) is 1.85. The third-order valence-electron chi connectivity index (χ3n) is 2.77. The van der Waals surface area contributed by atoms with E-state index in [9.17, 15) is 0 Å². The van der Waals surface area contributed by atoms with Crippen LogP contribution in [-0.2, 0) is 0 Å². The molecule has 2 rings (SSSR count). The number of hydrogen-bond donors (Lipinski definition) is 1. The number of nitrogens with one attached hydrogen (secondary N) is 1. The maximum Gasteiger partial charge on any atom is 0.0888 e. The van der Waals surface area contributed by atoms with Crippen LogP contribution in [0.3, 0.4) is 0 Å². The second-order valence-corrected chi connectivity index (χ2v) is 7.57. The minimum Gasteiger partial charge on any atom is -0.309 e. The summed E-state index contributed by atoms with van der Waals surface area (Å²) in [5.41, 5.74) is 2.46. The van der Waals surface area contributed by atoms with Crippen molar-refractivity contribution in [3.63, 3.8) is 0 Å². The van der Waals surface area contributed by atoms with Crippen LogP contribution in [0.1, 0.15) is 22.0 Å². The Balaban J connectivity index is 2.48. The van der Waals surface area contributed by atoms with Gasteiger partial charge in [-0.05, 0) is 47.1 Å². The Morgan fingerprint density at radius 3 is 2.61 bits per heavy atom. The first-order valence-electron chi connectivity index (χ1n) is 5.41. The van der Waals surface area contributed by atoms with Gasteiger partial charge in [0.25, 0.3) is 0 Å². The summed E-state index contributed by atoms with van der Waals surface area (Å²) in [6.45, 7) is 2.09. The molecule has 96 valence electrons. The zero-order chi connectivity index (χ0) is 13.3. The molecule has 0 aliphatic carbocycles. The molecule has 5 heteroatoms. The van der Waals surface area contributed by atoms with Crippen molar-refractivity contribution in [3.8, 4) is 0 Å². The predicted molar refractivity (Wildman–Crippen MR) is 86.8 cm³/mol. The molecular formula is C13H12Br2ClNS. The fourth-order valence-corrected chi connectivity index (χ4v) is 4.22. The summed E-state index contributed by atoms with van der Waals surface area (Å²) in [5, 5.41) is 4.11. The highest BCUT2D eigenvalue weighted by Gasteiger charge is 2.19. The maximum absolute atomic E-state index is 6.11. The van der Waals surface area contributed by atoms with Gasteiger partial charge in [-0.15, -0.1) is 11.3 Å². The molecule has 1 unspecified atom stereocenters. The summed E-state index contributed by atoms with van der Waals surface area (Å²) in [4.78, 5) is 1.20. The van der Waals surface area contributed by atoms with Crippen molar-refractivity contribution in [2.75, 3.05) is 7.05 Å². The second kappa shape index (κ2) is 6.06. The van der Waals surface area contributed by atoms with Crippen LogP contribution in [0.2, 0.25) is 5.02 Å². The molecule has 0 saturated carbocycles. The molecule has 0 aliphatic heterocycles. The van der Waals surface area contributed by atoms with Crippen molar-refractivity contribution in [2.24, 2.45) is 0 Å². The quantitative estimate of drug-likeness (QED) is 0.701. The van der Waals surface area contributed by atoms with Gasteiger partial charge in [-0.3, -0.25) is 0 Å². The number of aryl methyl sites for hydroxylation is 1. The fraction of sp³-hybridized carbons (Fsp3) is 0.231.